The van der Waals surface area contributed by atoms with Crippen molar-refractivity contribution in [3.63, 3.8) is 0 Å². The number of nitrogens with one attached hydrogen (secondary N) is 1. The SMILES string of the molecule is CCCCC(NC(=O)c1c(Cl)cccc1Cl)C(=O)O. The van der Waals surface area contributed by atoms with Crippen LogP contribution in [0.1, 0.15) is 36.5 Å². The topological polar surface area (TPSA) is 66.4 Å². The van der Waals surface area contributed by atoms with Crippen molar-refractivity contribution in [3.05, 3.63) is 33.8 Å². The lowest BCUT2D eigenvalue weighted by atomic mass is 10.1. The van der Waals surface area contributed by atoms with Gasteiger partial charge in [-0.2, -0.15) is 0 Å². The van der Waals surface area contributed by atoms with Gasteiger partial charge in [0.15, 0.2) is 0 Å². The van der Waals surface area contributed by atoms with Crippen LogP contribution in [0.3, 0.4) is 0 Å². The zero-order valence-corrected chi connectivity index (χ0v) is 12.0. The van der Waals surface area contributed by atoms with E-state index in [1.807, 2.05) is 6.92 Å². The monoisotopic (exact) mass is 303 g/mol. The molecule has 0 heterocycles. The summed E-state index contributed by atoms with van der Waals surface area (Å²) in [6.45, 7) is 1.95. The van der Waals surface area contributed by atoms with Gasteiger partial charge in [0.1, 0.15) is 6.04 Å². The van der Waals surface area contributed by atoms with E-state index < -0.39 is 17.9 Å². The largest absolute Gasteiger partial charge is 0.480 e. The Morgan fingerprint density at radius 2 is 1.89 bits per heavy atom. The Morgan fingerprint density at radius 1 is 1.32 bits per heavy atom. The summed E-state index contributed by atoms with van der Waals surface area (Å²) >= 11 is 11.8. The first-order valence-electron chi connectivity index (χ1n) is 5.95. The van der Waals surface area contributed by atoms with Crippen LogP contribution in [-0.2, 0) is 4.79 Å². The number of hydrogen-bond donors (Lipinski definition) is 2. The van der Waals surface area contributed by atoms with Gasteiger partial charge in [-0.3, -0.25) is 4.79 Å². The van der Waals surface area contributed by atoms with Gasteiger partial charge in [0.25, 0.3) is 5.91 Å². The first-order valence-corrected chi connectivity index (χ1v) is 6.70. The molecule has 1 aromatic carbocycles. The maximum Gasteiger partial charge on any atom is 0.326 e. The summed E-state index contributed by atoms with van der Waals surface area (Å²) in [6.07, 6.45) is 1.94. The first kappa shape index (κ1) is 15.8. The Kier molecular flexibility index (Phi) is 6.12. The minimum Gasteiger partial charge on any atom is -0.480 e. The zero-order valence-electron chi connectivity index (χ0n) is 10.5. The summed E-state index contributed by atoms with van der Waals surface area (Å²) in [4.78, 5) is 23.1. The molecule has 0 aliphatic rings. The van der Waals surface area contributed by atoms with Crippen molar-refractivity contribution in [2.24, 2.45) is 0 Å². The quantitative estimate of drug-likeness (QED) is 0.847. The molecule has 1 unspecified atom stereocenters. The highest BCUT2D eigenvalue weighted by Crippen LogP contribution is 2.24. The molecule has 0 spiro atoms. The van der Waals surface area contributed by atoms with E-state index in [0.29, 0.717) is 12.8 Å². The summed E-state index contributed by atoms with van der Waals surface area (Å²) in [6, 6.07) is 3.75. The van der Waals surface area contributed by atoms with Gasteiger partial charge in [-0.15, -0.1) is 0 Å². The van der Waals surface area contributed by atoms with Crippen molar-refractivity contribution in [2.45, 2.75) is 32.2 Å². The molecule has 0 saturated heterocycles. The number of carboxylic acids is 1. The number of halogens is 2. The summed E-state index contributed by atoms with van der Waals surface area (Å²) in [5, 5.41) is 11.9. The number of amides is 1. The molecule has 4 nitrogen and oxygen atoms in total. The van der Waals surface area contributed by atoms with Crippen LogP contribution in [0.5, 0.6) is 0 Å². The standard InChI is InChI=1S/C13H15Cl2NO3/c1-2-3-7-10(13(18)19)16-12(17)11-8(14)5-4-6-9(11)15/h4-6,10H,2-3,7H2,1H3,(H,16,17)(H,18,19). The van der Waals surface area contributed by atoms with Crippen LogP contribution >= 0.6 is 23.2 Å². The van der Waals surface area contributed by atoms with E-state index in [4.69, 9.17) is 28.3 Å². The van der Waals surface area contributed by atoms with E-state index in [1.165, 1.54) is 12.1 Å². The van der Waals surface area contributed by atoms with Gasteiger partial charge in [0, 0.05) is 0 Å². The lowest BCUT2D eigenvalue weighted by molar-refractivity contribution is -0.139. The molecule has 0 bridgehead atoms. The van der Waals surface area contributed by atoms with E-state index in [2.05, 4.69) is 5.32 Å². The first-order chi connectivity index (χ1) is 8.97. The molecule has 0 fully saturated rings. The van der Waals surface area contributed by atoms with Crippen molar-refractivity contribution in [2.75, 3.05) is 0 Å². The molecule has 0 aliphatic heterocycles. The Labute approximate surface area is 121 Å². The summed E-state index contributed by atoms with van der Waals surface area (Å²) in [5.74, 6) is -1.64. The number of benzene rings is 1. The fourth-order valence-corrected chi connectivity index (χ4v) is 2.18. The van der Waals surface area contributed by atoms with Gasteiger partial charge < -0.3 is 10.4 Å². The Bertz CT molecular complexity index is 457. The number of rotatable bonds is 6. The number of hydrogen-bond acceptors (Lipinski definition) is 2. The predicted octanol–water partition coefficient (Wildman–Crippen LogP) is 3.37. The smallest absolute Gasteiger partial charge is 0.326 e. The average Bonchev–Trinajstić information content (AvgIpc) is 2.33. The Hall–Kier alpha value is -1.26. The van der Waals surface area contributed by atoms with E-state index >= 15 is 0 Å². The minimum atomic E-state index is -1.06. The second-order valence-corrected chi connectivity index (χ2v) is 4.92. The number of carbonyl (C=O) groups is 2. The second kappa shape index (κ2) is 7.36. The highest BCUT2D eigenvalue weighted by Gasteiger charge is 2.22. The van der Waals surface area contributed by atoms with Gasteiger partial charge in [0.2, 0.25) is 0 Å². The summed E-state index contributed by atoms with van der Waals surface area (Å²) < 4.78 is 0. The predicted molar refractivity (Wildman–Crippen MR) is 74.9 cm³/mol. The van der Waals surface area contributed by atoms with Crippen LogP contribution in [0.25, 0.3) is 0 Å². The highest BCUT2D eigenvalue weighted by molar-refractivity contribution is 6.39. The van der Waals surface area contributed by atoms with Crippen LogP contribution in [0, 0.1) is 0 Å². The van der Waals surface area contributed by atoms with Crippen molar-refractivity contribution in [1.29, 1.82) is 0 Å². The number of unbranched alkanes of at least 4 members (excludes halogenated alkanes) is 1. The maximum atomic E-state index is 12.0. The molecule has 1 atom stereocenters. The van der Waals surface area contributed by atoms with E-state index in [0.717, 1.165) is 6.42 Å². The maximum absolute atomic E-state index is 12.0. The molecular weight excluding hydrogens is 289 g/mol. The molecule has 1 rings (SSSR count). The van der Waals surface area contributed by atoms with E-state index in [-0.39, 0.29) is 15.6 Å². The molecule has 0 aromatic heterocycles. The third kappa shape index (κ3) is 4.40. The van der Waals surface area contributed by atoms with Crippen LogP contribution in [0.4, 0.5) is 0 Å². The zero-order chi connectivity index (χ0) is 14.4. The van der Waals surface area contributed by atoms with Gasteiger partial charge >= 0.3 is 5.97 Å². The molecule has 0 saturated carbocycles. The van der Waals surface area contributed by atoms with Gasteiger partial charge in [-0.05, 0) is 18.6 Å². The molecule has 19 heavy (non-hydrogen) atoms. The Morgan fingerprint density at radius 3 is 2.37 bits per heavy atom. The van der Waals surface area contributed by atoms with Crippen molar-refractivity contribution in [1.82, 2.24) is 5.32 Å². The highest BCUT2D eigenvalue weighted by atomic mass is 35.5. The molecule has 1 amide bonds. The molecule has 0 aliphatic carbocycles. The molecule has 0 radical (unpaired) electrons. The third-order valence-corrected chi connectivity index (χ3v) is 3.27. The van der Waals surface area contributed by atoms with Crippen molar-refractivity contribution in [3.8, 4) is 0 Å². The van der Waals surface area contributed by atoms with Crippen LogP contribution in [-0.4, -0.2) is 23.0 Å². The number of aliphatic carboxylic acids is 1. The third-order valence-electron chi connectivity index (χ3n) is 2.64. The number of carbonyl (C=O) groups excluding carboxylic acids is 1. The lowest BCUT2D eigenvalue weighted by Crippen LogP contribution is -2.40. The van der Waals surface area contributed by atoms with Crippen LogP contribution in [0.15, 0.2) is 18.2 Å². The molecule has 1 aromatic rings. The fourth-order valence-electron chi connectivity index (χ4n) is 1.61. The normalized spacial score (nSPS) is 11.9. The van der Waals surface area contributed by atoms with E-state index in [9.17, 15) is 9.59 Å². The molecule has 2 N–H and O–H groups in total. The van der Waals surface area contributed by atoms with Gasteiger partial charge in [0.05, 0.1) is 15.6 Å². The molecular formula is C13H15Cl2NO3. The Balaban J connectivity index is 2.85. The van der Waals surface area contributed by atoms with Gasteiger partial charge in [-0.25, -0.2) is 4.79 Å². The summed E-state index contributed by atoms with van der Waals surface area (Å²) in [5.41, 5.74) is 0.105. The average molecular weight is 304 g/mol. The van der Waals surface area contributed by atoms with Crippen molar-refractivity contribution >= 4 is 35.1 Å². The molecule has 104 valence electrons. The van der Waals surface area contributed by atoms with Crippen LogP contribution in [0.2, 0.25) is 10.0 Å². The fraction of sp³-hybridized carbons (Fsp3) is 0.385. The van der Waals surface area contributed by atoms with E-state index in [1.54, 1.807) is 6.07 Å². The number of carboxylic acid groups (broad SMARTS) is 1. The van der Waals surface area contributed by atoms with Crippen molar-refractivity contribution < 1.29 is 14.7 Å². The summed E-state index contributed by atoms with van der Waals surface area (Å²) in [7, 11) is 0. The minimum absolute atomic E-state index is 0.105. The van der Waals surface area contributed by atoms with Crippen LogP contribution < -0.4 is 5.32 Å². The second-order valence-electron chi connectivity index (χ2n) is 4.10. The van der Waals surface area contributed by atoms with Gasteiger partial charge in [-0.1, -0.05) is 49.0 Å². The molecule has 6 heteroatoms. The lowest BCUT2D eigenvalue weighted by Gasteiger charge is -2.15.